The molecule has 0 spiro atoms. The van der Waals surface area contributed by atoms with Gasteiger partial charge < -0.3 is 4.90 Å². The molecule has 0 bridgehead atoms. The fourth-order valence-electron chi connectivity index (χ4n) is 2.77. The number of hydrogen-bond donors (Lipinski definition) is 0. The molecule has 5 heteroatoms. The molecule has 1 aliphatic heterocycles. The van der Waals surface area contributed by atoms with Gasteiger partial charge in [0.25, 0.3) is 5.91 Å². The molecular weight excluding hydrogens is 267 g/mol. The van der Waals surface area contributed by atoms with Crippen molar-refractivity contribution in [3.05, 3.63) is 35.4 Å². The SMILES string of the molecule is CC1CCCC(C)N1C(=O)c1ccc(C(F)(F)F)cc1. The second-order valence-electron chi connectivity index (χ2n) is 5.42. The number of hydrogen-bond acceptors (Lipinski definition) is 1. The molecule has 0 N–H and O–H groups in total. The Labute approximate surface area is 116 Å². The van der Waals surface area contributed by atoms with Crippen molar-refractivity contribution < 1.29 is 18.0 Å². The lowest BCUT2D eigenvalue weighted by molar-refractivity contribution is -0.137. The van der Waals surface area contributed by atoms with Crippen LogP contribution >= 0.6 is 0 Å². The standard InChI is InChI=1S/C15H18F3NO/c1-10-4-3-5-11(2)19(10)14(20)12-6-8-13(9-7-12)15(16,17)18/h6-11H,3-5H2,1-2H3. The Morgan fingerprint density at radius 3 is 2.05 bits per heavy atom. The van der Waals surface area contributed by atoms with Crippen molar-refractivity contribution >= 4 is 5.91 Å². The topological polar surface area (TPSA) is 20.3 Å². The van der Waals surface area contributed by atoms with E-state index in [9.17, 15) is 18.0 Å². The summed E-state index contributed by atoms with van der Waals surface area (Å²) in [5, 5.41) is 0. The molecule has 1 aromatic rings. The molecule has 1 saturated heterocycles. The summed E-state index contributed by atoms with van der Waals surface area (Å²) < 4.78 is 37.5. The van der Waals surface area contributed by atoms with E-state index in [0.717, 1.165) is 31.4 Å². The lowest BCUT2D eigenvalue weighted by Gasteiger charge is -2.39. The number of amides is 1. The van der Waals surface area contributed by atoms with Crippen molar-refractivity contribution in [1.82, 2.24) is 4.90 Å². The zero-order chi connectivity index (χ0) is 14.9. The van der Waals surface area contributed by atoms with Crippen LogP contribution in [0.4, 0.5) is 13.2 Å². The molecule has 0 radical (unpaired) electrons. The molecule has 0 aliphatic carbocycles. The van der Waals surface area contributed by atoms with Crippen LogP contribution in [0, 0.1) is 0 Å². The van der Waals surface area contributed by atoms with Crippen molar-refractivity contribution in [2.45, 2.75) is 51.4 Å². The average molecular weight is 285 g/mol. The number of rotatable bonds is 1. The fourth-order valence-corrected chi connectivity index (χ4v) is 2.77. The van der Waals surface area contributed by atoms with Gasteiger partial charge in [-0.1, -0.05) is 0 Å². The van der Waals surface area contributed by atoms with E-state index < -0.39 is 11.7 Å². The van der Waals surface area contributed by atoms with Gasteiger partial charge in [0.2, 0.25) is 0 Å². The Balaban J connectivity index is 2.20. The van der Waals surface area contributed by atoms with E-state index in [0.29, 0.717) is 5.56 Å². The first-order valence-electron chi connectivity index (χ1n) is 6.80. The van der Waals surface area contributed by atoms with Gasteiger partial charge in [-0.25, -0.2) is 0 Å². The summed E-state index contributed by atoms with van der Waals surface area (Å²) in [6, 6.07) is 4.72. The van der Waals surface area contributed by atoms with Crippen molar-refractivity contribution in [3.8, 4) is 0 Å². The molecule has 2 nitrogen and oxygen atoms in total. The van der Waals surface area contributed by atoms with Gasteiger partial charge in [-0.15, -0.1) is 0 Å². The molecule has 1 fully saturated rings. The van der Waals surface area contributed by atoms with Gasteiger partial charge in [0.1, 0.15) is 0 Å². The lowest BCUT2D eigenvalue weighted by atomic mass is 9.96. The van der Waals surface area contributed by atoms with Crippen molar-refractivity contribution in [2.75, 3.05) is 0 Å². The predicted octanol–water partition coefficient (Wildman–Crippen LogP) is 4.11. The van der Waals surface area contributed by atoms with Crippen LogP contribution in [-0.2, 0) is 6.18 Å². The highest BCUT2D eigenvalue weighted by molar-refractivity contribution is 5.94. The first kappa shape index (κ1) is 14.9. The van der Waals surface area contributed by atoms with E-state index in [-0.39, 0.29) is 18.0 Å². The average Bonchev–Trinajstić information content (AvgIpc) is 2.37. The third-order valence-electron chi connectivity index (χ3n) is 3.89. The molecule has 0 aromatic heterocycles. The van der Waals surface area contributed by atoms with Gasteiger partial charge >= 0.3 is 6.18 Å². The number of carbonyl (C=O) groups excluding carboxylic acids is 1. The van der Waals surface area contributed by atoms with E-state index in [4.69, 9.17) is 0 Å². The second kappa shape index (κ2) is 5.46. The number of benzene rings is 1. The maximum Gasteiger partial charge on any atom is 0.416 e. The predicted molar refractivity (Wildman–Crippen MR) is 70.4 cm³/mol. The van der Waals surface area contributed by atoms with Gasteiger partial charge in [0.15, 0.2) is 0 Å². The molecule has 0 saturated carbocycles. The van der Waals surface area contributed by atoms with Crippen LogP contribution < -0.4 is 0 Å². The molecule has 2 unspecified atom stereocenters. The minimum atomic E-state index is -4.37. The fraction of sp³-hybridized carbons (Fsp3) is 0.533. The lowest BCUT2D eigenvalue weighted by Crippen LogP contribution is -2.47. The van der Waals surface area contributed by atoms with Crippen LogP contribution in [0.3, 0.4) is 0 Å². The smallest absolute Gasteiger partial charge is 0.333 e. The summed E-state index contributed by atoms with van der Waals surface area (Å²) >= 11 is 0. The van der Waals surface area contributed by atoms with Crippen LogP contribution in [0.15, 0.2) is 24.3 Å². The van der Waals surface area contributed by atoms with Crippen LogP contribution in [0.1, 0.15) is 49.0 Å². The normalized spacial score (nSPS) is 23.8. The van der Waals surface area contributed by atoms with Crippen molar-refractivity contribution in [2.24, 2.45) is 0 Å². The number of carbonyl (C=O) groups is 1. The Kier molecular flexibility index (Phi) is 4.06. The summed E-state index contributed by atoms with van der Waals surface area (Å²) in [6.45, 7) is 3.97. The van der Waals surface area contributed by atoms with Crippen molar-refractivity contribution in [1.29, 1.82) is 0 Å². The van der Waals surface area contributed by atoms with Gasteiger partial charge in [-0.3, -0.25) is 4.79 Å². The summed E-state index contributed by atoms with van der Waals surface area (Å²) in [6.07, 6.45) is -1.40. The minimum absolute atomic E-state index is 0.133. The highest BCUT2D eigenvalue weighted by Crippen LogP contribution is 2.30. The molecule has 1 amide bonds. The molecule has 2 rings (SSSR count). The third-order valence-corrected chi connectivity index (χ3v) is 3.89. The van der Waals surface area contributed by atoms with Crippen LogP contribution in [-0.4, -0.2) is 22.9 Å². The largest absolute Gasteiger partial charge is 0.416 e. The monoisotopic (exact) mass is 285 g/mol. The second-order valence-corrected chi connectivity index (χ2v) is 5.42. The van der Waals surface area contributed by atoms with E-state index >= 15 is 0 Å². The molecule has 2 atom stereocenters. The molecular formula is C15H18F3NO. The molecule has 110 valence electrons. The van der Waals surface area contributed by atoms with E-state index in [1.54, 1.807) is 4.90 Å². The Morgan fingerprint density at radius 1 is 1.10 bits per heavy atom. The maximum atomic E-state index is 12.5. The quantitative estimate of drug-likeness (QED) is 0.760. The molecule has 1 aliphatic rings. The van der Waals surface area contributed by atoms with Gasteiger partial charge in [0.05, 0.1) is 5.56 Å². The summed E-state index contributed by atoms with van der Waals surface area (Å²) in [7, 11) is 0. The molecule has 1 aromatic carbocycles. The summed E-state index contributed by atoms with van der Waals surface area (Å²) in [5.41, 5.74) is -0.410. The third kappa shape index (κ3) is 2.97. The van der Waals surface area contributed by atoms with E-state index in [1.807, 2.05) is 13.8 Å². The van der Waals surface area contributed by atoms with Gasteiger partial charge in [-0.2, -0.15) is 13.2 Å². The molecule has 1 heterocycles. The Hall–Kier alpha value is -1.52. The zero-order valence-electron chi connectivity index (χ0n) is 11.6. The van der Waals surface area contributed by atoms with E-state index in [1.165, 1.54) is 12.1 Å². The Bertz CT molecular complexity index is 471. The highest BCUT2D eigenvalue weighted by Gasteiger charge is 2.32. The van der Waals surface area contributed by atoms with Gasteiger partial charge in [0, 0.05) is 17.6 Å². The number of piperidine rings is 1. The number of halogens is 3. The van der Waals surface area contributed by atoms with Crippen LogP contribution in [0.25, 0.3) is 0 Å². The molecule has 20 heavy (non-hydrogen) atoms. The first-order chi connectivity index (χ1) is 9.30. The van der Waals surface area contributed by atoms with E-state index in [2.05, 4.69) is 0 Å². The first-order valence-corrected chi connectivity index (χ1v) is 6.80. The van der Waals surface area contributed by atoms with Crippen LogP contribution in [0.2, 0.25) is 0 Å². The highest BCUT2D eigenvalue weighted by atomic mass is 19.4. The zero-order valence-corrected chi connectivity index (χ0v) is 11.6. The Morgan fingerprint density at radius 2 is 1.60 bits per heavy atom. The number of nitrogens with zero attached hydrogens (tertiary/aromatic N) is 1. The maximum absolute atomic E-state index is 12.5. The number of alkyl halides is 3. The van der Waals surface area contributed by atoms with Crippen molar-refractivity contribution in [3.63, 3.8) is 0 Å². The summed E-state index contributed by atoms with van der Waals surface area (Å²) in [5.74, 6) is -0.182. The number of likely N-dealkylation sites (tertiary alicyclic amines) is 1. The van der Waals surface area contributed by atoms with Crippen LogP contribution in [0.5, 0.6) is 0 Å². The van der Waals surface area contributed by atoms with Gasteiger partial charge in [-0.05, 0) is 57.4 Å². The summed E-state index contributed by atoms with van der Waals surface area (Å²) in [4.78, 5) is 14.2. The minimum Gasteiger partial charge on any atom is -0.333 e.